The molecule has 0 saturated heterocycles. The van der Waals surface area contributed by atoms with E-state index < -0.39 is 0 Å². The maximum Gasteiger partial charge on any atom is 0.302 e. The lowest BCUT2D eigenvalue weighted by atomic mass is 10.0. The first-order valence-corrected chi connectivity index (χ1v) is 10.3. The van der Waals surface area contributed by atoms with Crippen LogP contribution in [0, 0.1) is 0 Å². The fourth-order valence-electron chi connectivity index (χ4n) is 3.14. The third-order valence-electron chi connectivity index (χ3n) is 4.46. The van der Waals surface area contributed by atoms with Gasteiger partial charge in [-0.3, -0.25) is 9.59 Å². The number of carbonyl (C=O) groups is 2. The molecule has 0 fully saturated rings. The van der Waals surface area contributed by atoms with Crippen LogP contribution in [0.25, 0.3) is 0 Å². The summed E-state index contributed by atoms with van der Waals surface area (Å²) in [4.78, 5) is 21.6. The summed E-state index contributed by atoms with van der Waals surface area (Å²) in [7, 11) is 0. The van der Waals surface area contributed by atoms with Crippen molar-refractivity contribution >= 4 is 11.9 Å². The van der Waals surface area contributed by atoms with Crippen LogP contribution in [0.2, 0.25) is 0 Å². The van der Waals surface area contributed by atoms with Crippen molar-refractivity contribution in [2.45, 2.75) is 123 Å². The first-order chi connectivity index (χ1) is 11.9. The molecule has 0 radical (unpaired) electrons. The highest BCUT2D eigenvalue weighted by atomic mass is 16.5. The molecule has 0 bridgehead atoms. The zero-order chi connectivity index (χ0) is 18.9. The van der Waals surface area contributed by atoms with E-state index in [1.807, 2.05) is 13.8 Å². The molecule has 4 heteroatoms. The average molecular weight is 357 g/mol. The molecule has 0 aliphatic rings. The van der Waals surface area contributed by atoms with Crippen LogP contribution in [0.5, 0.6) is 0 Å². The van der Waals surface area contributed by atoms with E-state index in [9.17, 15) is 9.59 Å². The van der Waals surface area contributed by atoms with Crippen molar-refractivity contribution in [1.82, 2.24) is 0 Å². The molecule has 4 nitrogen and oxygen atoms in total. The largest absolute Gasteiger partial charge is 0.463 e. The molecule has 0 aromatic rings. The fourth-order valence-corrected chi connectivity index (χ4v) is 3.14. The van der Waals surface area contributed by atoms with Gasteiger partial charge < -0.3 is 9.47 Å². The van der Waals surface area contributed by atoms with E-state index in [4.69, 9.17) is 9.47 Å². The lowest BCUT2D eigenvalue weighted by Crippen LogP contribution is -2.11. The van der Waals surface area contributed by atoms with Crippen LogP contribution in [0.1, 0.15) is 111 Å². The maximum absolute atomic E-state index is 10.8. The van der Waals surface area contributed by atoms with Gasteiger partial charge in [0, 0.05) is 13.8 Å². The zero-order valence-corrected chi connectivity index (χ0v) is 17.0. The van der Waals surface area contributed by atoms with E-state index in [0.29, 0.717) is 0 Å². The van der Waals surface area contributed by atoms with Gasteiger partial charge in [0.05, 0.1) is 12.2 Å². The summed E-state index contributed by atoms with van der Waals surface area (Å²) in [6, 6.07) is 0. The predicted octanol–water partition coefficient (Wildman–Crippen LogP) is 5.96. The smallest absolute Gasteiger partial charge is 0.302 e. The summed E-state index contributed by atoms with van der Waals surface area (Å²) < 4.78 is 10.2. The van der Waals surface area contributed by atoms with Crippen molar-refractivity contribution < 1.29 is 19.1 Å². The Kier molecular flexibility index (Phi) is 15.7. The molecule has 148 valence electrons. The molecule has 0 saturated carbocycles. The van der Waals surface area contributed by atoms with E-state index in [-0.39, 0.29) is 24.1 Å². The van der Waals surface area contributed by atoms with E-state index >= 15 is 0 Å². The molecule has 0 aromatic carbocycles. The first-order valence-electron chi connectivity index (χ1n) is 10.3. The molecule has 0 N–H and O–H groups in total. The summed E-state index contributed by atoms with van der Waals surface area (Å²) in [6.45, 7) is 6.89. The van der Waals surface area contributed by atoms with E-state index in [2.05, 4.69) is 0 Å². The van der Waals surface area contributed by atoms with Crippen LogP contribution in [0.3, 0.4) is 0 Å². The van der Waals surface area contributed by atoms with Gasteiger partial charge in [0.15, 0.2) is 0 Å². The summed E-state index contributed by atoms with van der Waals surface area (Å²) in [5.74, 6) is -0.349. The predicted molar refractivity (Wildman–Crippen MR) is 102 cm³/mol. The third-order valence-corrected chi connectivity index (χ3v) is 4.46. The number of ether oxygens (including phenoxy) is 2. The van der Waals surface area contributed by atoms with Crippen molar-refractivity contribution in [2.75, 3.05) is 0 Å². The molecular formula is C21H40O4. The Bertz CT molecular complexity index is 309. The monoisotopic (exact) mass is 356 g/mol. The number of rotatable bonds is 16. The second-order valence-corrected chi connectivity index (χ2v) is 7.31. The van der Waals surface area contributed by atoms with Gasteiger partial charge in [0.25, 0.3) is 0 Å². The third kappa shape index (κ3) is 19.1. The molecular weight excluding hydrogens is 316 g/mol. The lowest BCUT2D eigenvalue weighted by Gasteiger charge is -2.11. The van der Waals surface area contributed by atoms with Gasteiger partial charge in [-0.05, 0) is 39.5 Å². The zero-order valence-electron chi connectivity index (χ0n) is 17.0. The van der Waals surface area contributed by atoms with Gasteiger partial charge in [-0.1, -0.05) is 57.8 Å². The van der Waals surface area contributed by atoms with Gasteiger partial charge in [0.1, 0.15) is 0 Å². The number of hydrogen-bond acceptors (Lipinski definition) is 4. The fraction of sp³-hybridized carbons (Fsp3) is 0.905. The van der Waals surface area contributed by atoms with Crippen molar-refractivity contribution in [3.05, 3.63) is 0 Å². The molecule has 0 spiro atoms. The summed E-state index contributed by atoms with van der Waals surface area (Å²) in [5, 5.41) is 0. The maximum atomic E-state index is 10.8. The highest BCUT2D eigenvalue weighted by Gasteiger charge is 2.05. The van der Waals surface area contributed by atoms with Gasteiger partial charge >= 0.3 is 11.9 Å². The Morgan fingerprint density at radius 2 is 0.800 bits per heavy atom. The molecule has 0 aliphatic carbocycles. The Balaban J connectivity index is 3.19. The van der Waals surface area contributed by atoms with Crippen molar-refractivity contribution in [3.63, 3.8) is 0 Å². The van der Waals surface area contributed by atoms with E-state index in [0.717, 1.165) is 25.7 Å². The Morgan fingerprint density at radius 1 is 0.560 bits per heavy atom. The SMILES string of the molecule is CC(=O)OC(C)CCCCCCCCCCCCCC(C)OC(C)=O. The molecule has 0 rings (SSSR count). The van der Waals surface area contributed by atoms with Crippen LogP contribution >= 0.6 is 0 Å². The van der Waals surface area contributed by atoms with Gasteiger partial charge in [-0.25, -0.2) is 0 Å². The Labute approximate surface area is 155 Å². The van der Waals surface area contributed by atoms with Crippen molar-refractivity contribution in [1.29, 1.82) is 0 Å². The van der Waals surface area contributed by atoms with Crippen molar-refractivity contribution in [3.8, 4) is 0 Å². The molecule has 25 heavy (non-hydrogen) atoms. The van der Waals surface area contributed by atoms with Gasteiger partial charge in [0.2, 0.25) is 0 Å². The van der Waals surface area contributed by atoms with Crippen LogP contribution < -0.4 is 0 Å². The second-order valence-electron chi connectivity index (χ2n) is 7.31. The number of hydrogen-bond donors (Lipinski definition) is 0. The minimum Gasteiger partial charge on any atom is -0.463 e. The van der Waals surface area contributed by atoms with Crippen LogP contribution in [0.4, 0.5) is 0 Å². The topological polar surface area (TPSA) is 52.6 Å². The van der Waals surface area contributed by atoms with Gasteiger partial charge in [-0.15, -0.1) is 0 Å². The normalized spacial score (nSPS) is 13.3. The highest BCUT2D eigenvalue weighted by Crippen LogP contribution is 2.14. The number of carbonyl (C=O) groups excluding carboxylic acids is 2. The summed E-state index contributed by atoms with van der Waals surface area (Å²) >= 11 is 0. The summed E-state index contributed by atoms with van der Waals surface area (Å²) in [5.41, 5.74) is 0. The standard InChI is InChI=1S/C21H40O4/c1-18(24-20(3)22)16-14-12-10-8-6-5-7-9-11-13-15-17-19(2)25-21(4)23/h18-19H,5-17H2,1-4H3. The minimum atomic E-state index is -0.175. The van der Waals surface area contributed by atoms with E-state index in [1.54, 1.807) is 0 Å². The van der Waals surface area contributed by atoms with Crippen LogP contribution in [-0.2, 0) is 19.1 Å². The van der Waals surface area contributed by atoms with Crippen molar-refractivity contribution in [2.24, 2.45) is 0 Å². The average Bonchev–Trinajstić information content (AvgIpc) is 2.50. The highest BCUT2D eigenvalue weighted by molar-refractivity contribution is 5.66. The molecule has 2 unspecified atom stereocenters. The molecule has 0 aliphatic heterocycles. The number of unbranched alkanes of at least 4 members (excludes halogenated alkanes) is 10. The van der Waals surface area contributed by atoms with Gasteiger partial charge in [-0.2, -0.15) is 0 Å². The summed E-state index contributed by atoms with van der Waals surface area (Å²) in [6.07, 6.45) is 16.1. The first kappa shape index (κ1) is 23.9. The Morgan fingerprint density at radius 3 is 1.04 bits per heavy atom. The minimum absolute atomic E-state index is 0.0644. The Hall–Kier alpha value is -1.06. The molecule has 0 amide bonds. The molecule has 2 atom stereocenters. The second kappa shape index (κ2) is 16.4. The van der Waals surface area contributed by atoms with Crippen LogP contribution in [0.15, 0.2) is 0 Å². The van der Waals surface area contributed by atoms with E-state index in [1.165, 1.54) is 71.6 Å². The quantitative estimate of drug-likeness (QED) is 0.253. The molecule has 0 aromatic heterocycles. The lowest BCUT2D eigenvalue weighted by molar-refractivity contribution is -0.146. The van der Waals surface area contributed by atoms with Crippen LogP contribution in [-0.4, -0.2) is 24.1 Å². The number of esters is 2. The molecule has 0 heterocycles.